The highest BCUT2D eigenvalue weighted by molar-refractivity contribution is 5.97. The van der Waals surface area contributed by atoms with E-state index in [2.05, 4.69) is 25.1 Å². The van der Waals surface area contributed by atoms with Crippen molar-refractivity contribution in [1.29, 1.82) is 0 Å². The zero-order valence-electron chi connectivity index (χ0n) is 17.7. The molecule has 1 atom stereocenters. The Morgan fingerprint density at radius 3 is 2.45 bits per heavy atom. The first kappa shape index (κ1) is 22.2. The normalized spacial score (nSPS) is 12.5. The molecule has 0 unspecified atom stereocenters. The second-order valence-corrected chi connectivity index (χ2v) is 7.04. The molecule has 0 saturated heterocycles. The molecule has 0 fully saturated rings. The summed E-state index contributed by atoms with van der Waals surface area (Å²) in [7, 11) is 0. The fourth-order valence-corrected chi connectivity index (χ4v) is 2.90. The van der Waals surface area contributed by atoms with Gasteiger partial charge in [-0.05, 0) is 32.9 Å². The molecule has 0 radical (unpaired) electrons. The number of aryl methyl sites for hydroxylation is 1. The van der Waals surface area contributed by atoms with Crippen LogP contribution in [0.2, 0.25) is 0 Å². The van der Waals surface area contributed by atoms with Gasteiger partial charge < -0.3 is 9.64 Å². The Labute approximate surface area is 178 Å². The molecule has 1 amide bonds. The van der Waals surface area contributed by atoms with Crippen LogP contribution >= 0.6 is 0 Å². The van der Waals surface area contributed by atoms with Crippen molar-refractivity contribution in [1.82, 2.24) is 34.8 Å². The number of pyridine rings is 1. The first-order valence-electron chi connectivity index (χ1n) is 9.69. The number of nitrogens with zero attached hydrogens (tertiary/aromatic N) is 7. The van der Waals surface area contributed by atoms with Crippen molar-refractivity contribution >= 4 is 5.91 Å². The van der Waals surface area contributed by atoms with Gasteiger partial charge in [0.25, 0.3) is 11.8 Å². The number of carbonyl (C=O) groups is 1. The molecule has 11 heteroatoms. The zero-order valence-corrected chi connectivity index (χ0v) is 17.7. The van der Waals surface area contributed by atoms with Gasteiger partial charge in [0, 0.05) is 31.6 Å². The van der Waals surface area contributed by atoms with E-state index in [1.807, 2.05) is 20.8 Å². The van der Waals surface area contributed by atoms with Gasteiger partial charge in [-0.2, -0.15) is 10.2 Å². The summed E-state index contributed by atoms with van der Waals surface area (Å²) >= 11 is 0. The summed E-state index contributed by atoms with van der Waals surface area (Å²) in [6, 6.07) is 3.04. The van der Waals surface area contributed by atoms with E-state index in [4.69, 9.17) is 4.74 Å². The van der Waals surface area contributed by atoms with Crippen molar-refractivity contribution in [2.75, 3.05) is 13.2 Å². The average Bonchev–Trinajstić information content (AvgIpc) is 3.27. The van der Waals surface area contributed by atoms with Crippen LogP contribution in [-0.2, 0) is 5.92 Å². The van der Waals surface area contributed by atoms with Gasteiger partial charge in [0.1, 0.15) is 6.61 Å². The Morgan fingerprint density at radius 1 is 1.23 bits per heavy atom. The van der Waals surface area contributed by atoms with Gasteiger partial charge in [-0.25, -0.2) is 23.7 Å². The summed E-state index contributed by atoms with van der Waals surface area (Å²) in [5.74, 6) is -2.96. The third kappa shape index (κ3) is 5.16. The molecule has 0 aliphatic heterocycles. The van der Waals surface area contributed by atoms with Crippen LogP contribution in [0, 0.1) is 6.92 Å². The topological polar surface area (TPSA) is 98.9 Å². The molecule has 3 rings (SSSR count). The summed E-state index contributed by atoms with van der Waals surface area (Å²) in [5, 5.41) is 8.16. The van der Waals surface area contributed by atoms with Crippen LogP contribution in [0.3, 0.4) is 0 Å². The smallest absolute Gasteiger partial charge is 0.316 e. The number of halogens is 2. The van der Waals surface area contributed by atoms with E-state index in [-0.39, 0.29) is 30.1 Å². The second-order valence-electron chi connectivity index (χ2n) is 7.04. The Hall–Kier alpha value is -3.50. The molecular weight excluding hydrogens is 408 g/mol. The molecule has 3 heterocycles. The first-order valence-corrected chi connectivity index (χ1v) is 9.69. The number of rotatable bonds is 8. The zero-order chi connectivity index (χ0) is 22.6. The fourth-order valence-electron chi connectivity index (χ4n) is 2.90. The quantitative estimate of drug-likeness (QED) is 0.541. The van der Waals surface area contributed by atoms with Gasteiger partial charge in [-0.3, -0.25) is 4.79 Å². The predicted octanol–water partition coefficient (Wildman–Crippen LogP) is 2.80. The summed E-state index contributed by atoms with van der Waals surface area (Å²) in [4.78, 5) is 28.2. The average molecular weight is 431 g/mol. The van der Waals surface area contributed by atoms with Crippen LogP contribution in [0.5, 0.6) is 6.01 Å². The van der Waals surface area contributed by atoms with Crippen LogP contribution in [-0.4, -0.2) is 59.9 Å². The second kappa shape index (κ2) is 9.11. The number of ether oxygens (including phenoxy) is 1. The van der Waals surface area contributed by atoms with Crippen molar-refractivity contribution in [2.24, 2.45) is 0 Å². The van der Waals surface area contributed by atoms with E-state index in [0.717, 1.165) is 25.0 Å². The monoisotopic (exact) mass is 431 g/mol. The molecule has 0 saturated carbocycles. The molecule has 0 N–H and O–H groups in total. The van der Waals surface area contributed by atoms with Crippen molar-refractivity contribution < 1.29 is 18.3 Å². The predicted molar refractivity (Wildman–Crippen MR) is 107 cm³/mol. The van der Waals surface area contributed by atoms with Crippen LogP contribution in [0.1, 0.15) is 42.4 Å². The van der Waals surface area contributed by atoms with E-state index >= 15 is 0 Å². The molecule has 0 bridgehead atoms. The highest BCUT2D eigenvalue weighted by atomic mass is 19.3. The highest BCUT2D eigenvalue weighted by Gasteiger charge is 2.27. The van der Waals surface area contributed by atoms with Crippen molar-refractivity contribution in [3.05, 3.63) is 53.7 Å². The largest absolute Gasteiger partial charge is 0.461 e. The molecule has 3 aromatic rings. The summed E-state index contributed by atoms with van der Waals surface area (Å²) in [6.07, 6.45) is 5.06. The standard InChI is InChI=1S/C20H23F2N7O2/c1-5-28(14(3)12-31-19-23-10-15(11-24-19)20(4,21)22)18(30)16-7-6-13(2)27-17(16)29-25-8-9-26-29/h6-11,14H,5,12H2,1-4H3/t14-/m0/s1. The van der Waals surface area contributed by atoms with Crippen LogP contribution in [0.4, 0.5) is 8.78 Å². The van der Waals surface area contributed by atoms with Crippen LogP contribution in [0.15, 0.2) is 36.9 Å². The number of aromatic nitrogens is 6. The van der Waals surface area contributed by atoms with Crippen LogP contribution in [0.25, 0.3) is 5.82 Å². The van der Waals surface area contributed by atoms with E-state index in [0.29, 0.717) is 17.9 Å². The lowest BCUT2D eigenvalue weighted by Gasteiger charge is -2.28. The minimum Gasteiger partial charge on any atom is -0.461 e. The Balaban J connectivity index is 1.74. The minimum absolute atomic E-state index is 0.0400. The van der Waals surface area contributed by atoms with Crippen LogP contribution < -0.4 is 4.74 Å². The molecule has 164 valence electrons. The third-order valence-electron chi connectivity index (χ3n) is 4.58. The van der Waals surface area contributed by atoms with Crippen molar-refractivity contribution in [2.45, 2.75) is 39.7 Å². The van der Waals surface area contributed by atoms with E-state index in [1.165, 1.54) is 17.2 Å². The van der Waals surface area contributed by atoms with E-state index < -0.39 is 5.92 Å². The first-order chi connectivity index (χ1) is 14.7. The number of hydrogen-bond donors (Lipinski definition) is 0. The molecule has 0 aliphatic rings. The highest BCUT2D eigenvalue weighted by Crippen LogP contribution is 2.25. The van der Waals surface area contributed by atoms with E-state index in [9.17, 15) is 13.6 Å². The van der Waals surface area contributed by atoms with E-state index in [1.54, 1.807) is 17.0 Å². The summed E-state index contributed by atoms with van der Waals surface area (Å²) in [5.41, 5.74) is 0.771. The van der Waals surface area contributed by atoms with Gasteiger partial charge in [-0.1, -0.05) is 0 Å². The molecule has 0 aliphatic carbocycles. The van der Waals surface area contributed by atoms with Crippen molar-refractivity contribution in [3.63, 3.8) is 0 Å². The molecule has 0 aromatic carbocycles. The summed E-state index contributed by atoms with van der Waals surface area (Å²) < 4.78 is 32.1. The number of alkyl halides is 2. The fraction of sp³-hybridized carbons (Fsp3) is 0.400. The molecule has 9 nitrogen and oxygen atoms in total. The number of carbonyl (C=O) groups excluding carboxylic acids is 1. The Kier molecular flexibility index (Phi) is 6.52. The van der Waals surface area contributed by atoms with Crippen molar-refractivity contribution in [3.8, 4) is 11.8 Å². The molecule has 31 heavy (non-hydrogen) atoms. The third-order valence-corrected chi connectivity index (χ3v) is 4.58. The van der Waals surface area contributed by atoms with Gasteiger partial charge >= 0.3 is 6.01 Å². The number of amides is 1. The van der Waals surface area contributed by atoms with Gasteiger partial charge in [-0.15, -0.1) is 4.80 Å². The molecular formula is C20H23F2N7O2. The maximum absolute atomic E-state index is 13.3. The number of hydrogen-bond acceptors (Lipinski definition) is 7. The van der Waals surface area contributed by atoms with Gasteiger partial charge in [0.2, 0.25) is 0 Å². The summed E-state index contributed by atoms with van der Waals surface area (Å²) in [6.45, 7) is 6.72. The van der Waals surface area contributed by atoms with Gasteiger partial charge in [0.15, 0.2) is 5.82 Å². The lowest BCUT2D eigenvalue weighted by atomic mass is 10.1. The lowest BCUT2D eigenvalue weighted by molar-refractivity contribution is 0.0165. The number of likely N-dealkylation sites (N-methyl/N-ethyl adjacent to an activating group) is 1. The maximum Gasteiger partial charge on any atom is 0.316 e. The SMILES string of the molecule is CCN(C(=O)c1ccc(C)nc1-n1nccn1)[C@@H](C)COc1ncc(C(C)(F)F)cn1. The maximum atomic E-state index is 13.3. The Morgan fingerprint density at radius 2 is 1.87 bits per heavy atom. The van der Waals surface area contributed by atoms with Gasteiger partial charge in [0.05, 0.1) is 29.6 Å². The Bertz CT molecular complexity index is 1020. The minimum atomic E-state index is -3.03. The molecule has 3 aromatic heterocycles. The molecule has 0 spiro atoms. The lowest BCUT2D eigenvalue weighted by Crippen LogP contribution is -2.42.